The molecule has 0 aromatic carbocycles. The van der Waals surface area contributed by atoms with Crippen LogP contribution in [0.25, 0.3) is 5.52 Å². The van der Waals surface area contributed by atoms with Gasteiger partial charge in [0.25, 0.3) is 5.78 Å². The van der Waals surface area contributed by atoms with Crippen LogP contribution in [0.5, 0.6) is 0 Å². The third kappa shape index (κ3) is 1.93. The number of pyridine rings is 1. The van der Waals surface area contributed by atoms with Crippen molar-refractivity contribution in [1.82, 2.24) is 4.40 Å². The minimum Gasteiger partial charge on any atom is -0.460 e. The zero-order chi connectivity index (χ0) is 12.4. The maximum absolute atomic E-state index is 11.9. The van der Waals surface area contributed by atoms with Crippen molar-refractivity contribution in [2.24, 2.45) is 0 Å². The van der Waals surface area contributed by atoms with Crippen LogP contribution in [0.15, 0.2) is 30.5 Å². The fourth-order valence-corrected chi connectivity index (χ4v) is 1.84. The van der Waals surface area contributed by atoms with E-state index in [9.17, 15) is 9.59 Å². The van der Waals surface area contributed by atoms with Gasteiger partial charge in [0.15, 0.2) is 0 Å². The van der Waals surface area contributed by atoms with Crippen LogP contribution < -0.4 is 0 Å². The van der Waals surface area contributed by atoms with Crippen LogP contribution in [0.1, 0.15) is 23.0 Å². The van der Waals surface area contributed by atoms with Crippen molar-refractivity contribution in [2.45, 2.75) is 13.8 Å². The Morgan fingerprint density at radius 3 is 2.82 bits per heavy atom. The summed E-state index contributed by atoms with van der Waals surface area (Å²) >= 11 is 0. The molecule has 2 aromatic rings. The lowest BCUT2D eigenvalue weighted by atomic mass is 10.2. The van der Waals surface area contributed by atoms with E-state index >= 15 is 0 Å². The Kier molecular flexibility index (Phi) is 2.95. The maximum atomic E-state index is 11.9. The number of aryl methyl sites for hydroxylation is 1. The molecule has 0 aliphatic rings. The normalized spacial score (nSPS) is 10.5. The smallest absolute Gasteiger partial charge is 0.381 e. The van der Waals surface area contributed by atoms with E-state index in [0.717, 1.165) is 11.1 Å². The summed E-state index contributed by atoms with van der Waals surface area (Å²) in [6, 6.07) is 7.45. The summed E-state index contributed by atoms with van der Waals surface area (Å²) in [6.45, 7) is 3.68. The number of ether oxygens (including phenoxy) is 1. The molecular formula is C13H13NO3. The van der Waals surface area contributed by atoms with Crippen molar-refractivity contribution < 1.29 is 14.3 Å². The Morgan fingerprint density at radius 1 is 1.35 bits per heavy atom. The molecule has 0 aliphatic carbocycles. The Bertz CT molecular complexity index is 583. The minimum absolute atomic E-state index is 0.201. The molecule has 0 amide bonds. The lowest BCUT2D eigenvalue weighted by molar-refractivity contribution is -0.137. The van der Waals surface area contributed by atoms with Gasteiger partial charge in [-0.05, 0) is 37.6 Å². The van der Waals surface area contributed by atoms with Gasteiger partial charge < -0.3 is 9.14 Å². The van der Waals surface area contributed by atoms with Crippen LogP contribution in [0.3, 0.4) is 0 Å². The summed E-state index contributed by atoms with van der Waals surface area (Å²) in [5.74, 6) is -1.41. The third-order valence-corrected chi connectivity index (χ3v) is 2.55. The SMILES string of the molecule is CCOC(=O)C(=O)c1c(C)cc2ccccn12. The molecule has 0 aliphatic heterocycles. The summed E-state index contributed by atoms with van der Waals surface area (Å²) in [6.07, 6.45) is 1.76. The van der Waals surface area contributed by atoms with Gasteiger partial charge in [0, 0.05) is 11.7 Å². The van der Waals surface area contributed by atoms with E-state index in [4.69, 9.17) is 4.74 Å². The van der Waals surface area contributed by atoms with Gasteiger partial charge in [0.1, 0.15) is 5.69 Å². The molecule has 4 heteroatoms. The molecule has 0 N–H and O–H groups in total. The van der Waals surface area contributed by atoms with E-state index in [2.05, 4.69) is 0 Å². The Labute approximate surface area is 98.8 Å². The second kappa shape index (κ2) is 4.41. The summed E-state index contributed by atoms with van der Waals surface area (Å²) in [5.41, 5.74) is 2.03. The molecule has 2 aromatic heterocycles. The van der Waals surface area contributed by atoms with Crippen molar-refractivity contribution >= 4 is 17.3 Å². The van der Waals surface area contributed by atoms with Gasteiger partial charge in [-0.15, -0.1) is 0 Å². The average molecular weight is 231 g/mol. The summed E-state index contributed by atoms with van der Waals surface area (Å²) < 4.78 is 6.43. The molecule has 0 fully saturated rings. The topological polar surface area (TPSA) is 47.8 Å². The van der Waals surface area contributed by atoms with Gasteiger partial charge in [-0.25, -0.2) is 4.79 Å². The molecule has 0 saturated carbocycles. The summed E-state index contributed by atoms with van der Waals surface area (Å²) in [4.78, 5) is 23.4. The number of Topliss-reactive ketones (excluding diaryl/α,β-unsaturated/α-hetero) is 1. The number of ketones is 1. The fraction of sp³-hybridized carbons (Fsp3) is 0.231. The first kappa shape index (κ1) is 11.4. The van der Waals surface area contributed by atoms with Crippen molar-refractivity contribution in [1.29, 1.82) is 0 Å². The van der Waals surface area contributed by atoms with Gasteiger partial charge in [-0.1, -0.05) is 6.07 Å². The highest BCUT2D eigenvalue weighted by Crippen LogP contribution is 2.16. The van der Waals surface area contributed by atoms with Crippen molar-refractivity contribution in [3.05, 3.63) is 41.7 Å². The largest absolute Gasteiger partial charge is 0.460 e. The molecule has 0 spiro atoms. The predicted molar refractivity (Wildman–Crippen MR) is 63.1 cm³/mol. The first-order chi connectivity index (χ1) is 8.15. The minimum atomic E-state index is -0.806. The van der Waals surface area contributed by atoms with Gasteiger partial charge in [-0.2, -0.15) is 0 Å². The number of aromatic nitrogens is 1. The summed E-state index contributed by atoms with van der Waals surface area (Å²) in [7, 11) is 0. The van der Waals surface area contributed by atoms with E-state index in [1.807, 2.05) is 24.3 Å². The molecular weight excluding hydrogens is 218 g/mol. The number of nitrogens with zero attached hydrogens (tertiary/aromatic N) is 1. The summed E-state index contributed by atoms with van der Waals surface area (Å²) in [5, 5.41) is 0. The van der Waals surface area contributed by atoms with Gasteiger partial charge in [0.05, 0.1) is 6.61 Å². The number of fused-ring (bicyclic) bond motifs is 1. The van der Waals surface area contributed by atoms with E-state index in [0.29, 0.717) is 5.69 Å². The second-order valence-electron chi connectivity index (χ2n) is 3.72. The fourth-order valence-electron chi connectivity index (χ4n) is 1.84. The van der Waals surface area contributed by atoms with Crippen LogP contribution in [0, 0.1) is 6.92 Å². The Morgan fingerprint density at radius 2 is 2.12 bits per heavy atom. The van der Waals surface area contributed by atoms with Crippen LogP contribution >= 0.6 is 0 Å². The highest BCUT2D eigenvalue weighted by atomic mass is 16.5. The van der Waals surface area contributed by atoms with Crippen molar-refractivity contribution in [3.63, 3.8) is 0 Å². The molecule has 0 radical (unpaired) electrons. The molecule has 0 atom stereocenters. The molecule has 2 heterocycles. The predicted octanol–water partition coefficient (Wildman–Crippen LogP) is 1.99. The molecule has 88 valence electrons. The zero-order valence-electron chi connectivity index (χ0n) is 9.77. The van der Waals surface area contributed by atoms with E-state index in [-0.39, 0.29) is 6.61 Å². The third-order valence-electron chi connectivity index (χ3n) is 2.55. The monoisotopic (exact) mass is 231 g/mol. The average Bonchev–Trinajstić information content (AvgIpc) is 2.64. The number of carbonyl (C=O) groups is 2. The molecule has 0 unspecified atom stereocenters. The first-order valence-electron chi connectivity index (χ1n) is 5.43. The van der Waals surface area contributed by atoms with Crippen molar-refractivity contribution in [3.8, 4) is 0 Å². The molecule has 2 rings (SSSR count). The molecule has 17 heavy (non-hydrogen) atoms. The van der Waals surface area contributed by atoms with Crippen LogP contribution in [-0.2, 0) is 9.53 Å². The highest BCUT2D eigenvalue weighted by Gasteiger charge is 2.22. The van der Waals surface area contributed by atoms with Crippen LogP contribution in [0.4, 0.5) is 0 Å². The Balaban J connectivity index is 2.51. The lowest BCUT2D eigenvalue weighted by Gasteiger charge is -2.03. The Hall–Kier alpha value is -2.10. The van der Waals surface area contributed by atoms with Gasteiger partial charge in [0.2, 0.25) is 0 Å². The van der Waals surface area contributed by atoms with E-state index in [1.54, 1.807) is 24.4 Å². The van der Waals surface area contributed by atoms with Crippen LogP contribution in [-0.4, -0.2) is 22.8 Å². The van der Waals surface area contributed by atoms with Crippen LogP contribution in [0.2, 0.25) is 0 Å². The number of hydrogen-bond acceptors (Lipinski definition) is 3. The van der Waals surface area contributed by atoms with Gasteiger partial charge >= 0.3 is 5.97 Å². The second-order valence-corrected chi connectivity index (χ2v) is 3.72. The maximum Gasteiger partial charge on any atom is 0.381 e. The number of rotatable bonds is 3. The van der Waals surface area contributed by atoms with E-state index < -0.39 is 11.8 Å². The van der Waals surface area contributed by atoms with E-state index in [1.165, 1.54) is 0 Å². The van der Waals surface area contributed by atoms with Crippen molar-refractivity contribution in [2.75, 3.05) is 6.61 Å². The highest BCUT2D eigenvalue weighted by molar-refractivity contribution is 6.40. The quantitative estimate of drug-likeness (QED) is 0.461. The molecule has 4 nitrogen and oxygen atoms in total. The number of esters is 1. The molecule has 0 bridgehead atoms. The standard InChI is InChI=1S/C13H13NO3/c1-3-17-13(16)12(15)11-9(2)8-10-6-4-5-7-14(10)11/h4-8H,3H2,1-2H3. The number of carbonyl (C=O) groups excluding carboxylic acids is 2. The lowest BCUT2D eigenvalue weighted by Crippen LogP contribution is -2.20. The number of hydrogen-bond donors (Lipinski definition) is 0. The van der Waals surface area contributed by atoms with Gasteiger partial charge in [-0.3, -0.25) is 4.79 Å². The first-order valence-corrected chi connectivity index (χ1v) is 5.43. The zero-order valence-corrected chi connectivity index (χ0v) is 9.77. The molecule has 0 saturated heterocycles.